The molecular weight excluding hydrogens is 537 g/mol. The molecule has 5 rings (SSSR count). The summed E-state index contributed by atoms with van der Waals surface area (Å²) < 4.78 is 26.4. The number of ether oxygens (including phenoxy) is 2. The molecule has 1 saturated carbocycles. The summed E-state index contributed by atoms with van der Waals surface area (Å²) in [5, 5.41) is 5.05. The van der Waals surface area contributed by atoms with Crippen molar-refractivity contribution >= 4 is 29.9 Å². The van der Waals surface area contributed by atoms with E-state index in [0.29, 0.717) is 47.3 Å². The number of aromatic nitrogens is 2. The van der Waals surface area contributed by atoms with Gasteiger partial charge in [-0.25, -0.2) is 14.0 Å². The van der Waals surface area contributed by atoms with Gasteiger partial charge in [-0.1, -0.05) is 23.7 Å². The van der Waals surface area contributed by atoms with Gasteiger partial charge in [0.15, 0.2) is 6.29 Å². The summed E-state index contributed by atoms with van der Waals surface area (Å²) in [6, 6.07) is 9.86. The van der Waals surface area contributed by atoms with Crippen LogP contribution in [0.15, 0.2) is 36.4 Å². The number of esters is 1. The smallest absolute Gasteiger partial charge is 0.410 e. The first kappa shape index (κ1) is 29.3. The number of aryl methyl sites for hydroxylation is 1. The van der Waals surface area contributed by atoms with Crippen LogP contribution in [-0.4, -0.2) is 52.3 Å². The Morgan fingerprint density at radius 2 is 1.90 bits per heavy atom. The van der Waals surface area contributed by atoms with Crippen molar-refractivity contribution in [1.29, 1.82) is 0 Å². The van der Waals surface area contributed by atoms with Gasteiger partial charge in [0.05, 0.1) is 35.6 Å². The fraction of sp³-hybridized carbons (Fsp3) is 0.400. The van der Waals surface area contributed by atoms with E-state index in [0.717, 1.165) is 29.2 Å². The zero-order valence-corrected chi connectivity index (χ0v) is 24.0. The van der Waals surface area contributed by atoms with E-state index in [2.05, 4.69) is 9.84 Å². The average molecular weight is 570 g/mol. The van der Waals surface area contributed by atoms with E-state index in [9.17, 15) is 18.8 Å². The van der Waals surface area contributed by atoms with Crippen LogP contribution in [0.3, 0.4) is 0 Å². The van der Waals surface area contributed by atoms with Crippen LogP contribution in [0.1, 0.15) is 77.1 Å². The minimum atomic E-state index is -0.596. The highest BCUT2D eigenvalue weighted by atomic mass is 35.5. The highest BCUT2D eigenvalue weighted by molar-refractivity contribution is 6.33. The molecule has 1 aliphatic carbocycles. The third kappa shape index (κ3) is 6.53. The Labute approximate surface area is 238 Å². The second kappa shape index (κ2) is 11.8. The molecule has 0 unspecified atom stereocenters. The molecule has 10 heteroatoms. The molecule has 0 saturated heterocycles. The summed E-state index contributed by atoms with van der Waals surface area (Å²) in [6.45, 7) is 6.27. The lowest BCUT2D eigenvalue weighted by Crippen LogP contribution is -2.40. The molecule has 1 aromatic heterocycles. The topological polar surface area (TPSA) is 90.7 Å². The van der Waals surface area contributed by atoms with Gasteiger partial charge in [0, 0.05) is 30.3 Å². The Hall–Kier alpha value is -3.72. The summed E-state index contributed by atoms with van der Waals surface area (Å²) in [7, 11) is 3.02. The van der Waals surface area contributed by atoms with Gasteiger partial charge < -0.3 is 14.4 Å². The van der Waals surface area contributed by atoms with E-state index in [-0.39, 0.29) is 11.7 Å². The number of hydrogen-bond acceptors (Lipinski definition) is 6. The lowest BCUT2D eigenvalue weighted by molar-refractivity contribution is 0.0219. The van der Waals surface area contributed by atoms with Crippen LogP contribution in [0.5, 0.6) is 0 Å². The van der Waals surface area contributed by atoms with Crippen LogP contribution in [0.4, 0.5) is 9.18 Å². The predicted molar refractivity (Wildman–Crippen MR) is 149 cm³/mol. The highest BCUT2D eigenvalue weighted by Crippen LogP contribution is 2.42. The minimum Gasteiger partial charge on any atom is -0.465 e. The minimum absolute atomic E-state index is 0.143. The summed E-state index contributed by atoms with van der Waals surface area (Å²) in [5.41, 5.74) is 3.95. The van der Waals surface area contributed by atoms with Crippen molar-refractivity contribution in [2.45, 2.75) is 58.1 Å². The number of rotatable bonds is 4. The molecule has 2 aromatic carbocycles. The van der Waals surface area contributed by atoms with E-state index in [1.165, 1.54) is 32.1 Å². The number of fused-ring (bicyclic) bond motifs is 1. The van der Waals surface area contributed by atoms with Crippen LogP contribution in [0.25, 0.3) is 11.3 Å². The number of nitrogens with zero attached hydrogens (tertiary/aromatic N) is 3. The van der Waals surface area contributed by atoms with Crippen LogP contribution < -0.4 is 0 Å². The second-order valence-electron chi connectivity index (χ2n) is 10.9. The van der Waals surface area contributed by atoms with Crippen LogP contribution >= 0.6 is 11.6 Å². The Morgan fingerprint density at radius 1 is 1.18 bits per heavy atom. The number of aldehydes is 1. The monoisotopic (exact) mass is 569 g/mol. The fourth-order valence-corrected chi connectivity index (χ4v) is 4.88. The largest absolute Gasteiger partial charge is 0.465 e. The van der Waals surface area contributed by atoms with Crippen molar-refractivity contribution in [3.05, 3.63) is 75.2 Å². The van der Waals surface area contributed by atoms with Crippen LogP contribution in [-0.2, 0) is 29.5 Å². The average Bonchev–Trinajstić information content (AvgIpc) is 3.71. The lowest BCUT2D eigenvalue weighted by atomic mass is 9.99. The predicted octanol–water partition coefficient (Wildman–Crippen LogP) is 6.34. The van der Waals surface area contributed by atoms with E-state index in [1.807, 2.05) is 32.9 Å². The SMILES string of the molecule is COC(=O)c1ccc(-c2nn(C)c3c2CCN(C(=O)OC(C)(C)C)C3)c(F)c1.O=Cc1c(Cl)cccc1C1CC1. The first-order chi connectivity index (χ1) is 18.9. The van der Waals surface area contributed by atoms with Gasteiger partial charge >= 0.3 is 12.1 Å². The lowest BCUT2D eigenvalue weighted by Gasteiger charge is -2.30. The first-order valence-corrected chi connectivity index (χ1v) is 13.5. The molecule has 0 spiro atoms. The quantitative estimate of drug-likeness (QED) is 0.269. The molecule has 212 valence electrons. The van der Waals surface area contributed by atoms with Gasteiger partial charge in [-0.05, 0) is 75.8 Å². The molecule has 3 aromatic rings. The number of methoxy groups -OCH3 is 1. The molecule has 1 fully saturated rings. The van der Waals surface area contributed by atoms with E-state index in [4.69, 9.17) is 16.3 Å². The van der Waals surface area contributed by atoms with Gasteiger partial charge in [-0.3, -0.25) is 9.48 Å². The van der Waals surface area contributed by atoms with Gasteiger partial charge in [0.2, 0.25) is 0 Å². The number of benzene rings is 2. The maximum Gasteiger partial charge on any atom is 0.410 e. The van der Waals surface area contributed by atoms with Crippen molar-refractivity contribution in [2.24, 2.45) is 7.05 Å². The Bertz CT molecular complexity index is 1440. The third-order valence-electron chi connectivity index (χ3n) is 6.77. The number of hydrogen-bond donors (Lipinski definition) is 0. The maximum absolute atomic E-state index is 14.7. The first-order valence-electron chi connectivity index (χ1n) is 13.1. The van der Waals surface area contributed by atoms with E-state index in [1.54, 1.807) is 22.7 Å². The highest BCUT2D eigenvalue weighted by Gasteiger charge is 2.31. The molecule has 1 amide bonds. The van der Waals surface area contributed by atoms with Crippen molar-refractivity contribution in [2.75, 3.05) is 13.7 Å². The van der Waals surface area contributed by atoms with Crippen molar-refractivity contribution in [3.8, 4) is 11.3 Å². The molecule has 2 aliphatic rings. The number of carbonyl (C=O) groups excluding carboxylic acids is 3. The molecule has 40 heavy (non-hydrogen) atoms. The van der Waals surface area contributed by atoms with Crippen molar-refractivity contribution in [1.82, 2.24) is 14.7 Å². The van der Waals surface area contributed by atoms with Gasteiger partial charge in [-0.2, -0.15) is 5.10 Å². The van der Waals surface area contributed by atoms with E-state index < -0.39 is 17.4 Å². The molecule has 0 radical (unpaired) electrons. The van der Waals surface area contributed by atoms with Gasteiger partial charge in [-0.15, -0.1) is 0 Å². The zero-order valence-electron chi connectivity index (χ0n) is 23.3. The molecule has 0 N–H and O–H groups in total. The Balaban J connectivity index is 0.000000255. The third-order valence-corrected chi connectivity index (χ3v) is 7.10. The van der Waals surface area contributed by atoms with Gasteiger partial charge in [0.1, 0.15) is 11.4 Å². The van der Waals surface area contributed by atoms with Gasteiger partial charge in [0.25, 0.3) is 0 Å². The number of halogens is 2. The summed E-state index contributed by atoms with van der Waals surface area (Å²) in [6.07, 6.45) is 3.41. The normalized spacial score (nSPS) is 14.5. The molecule has 0 atom stereocenters. The summed E-state index contributed by atoms with van der Waals surface area (Å²) in [5.74, 6) is -0.552. The standard InChI is InChI=1S/C20H24FN3O4.C10H9ClO/c1-20(2,3)28-19(26)24-9-8-14-16(11-24)23(4)22-17(14)13-7-6-12(10-15(13)21)18(25)27-5;11-10-3-1-2-8(7-4-5-7)9(10)6-12/h6-7,10H,8-9,11H2,1-5H3;1-3,6-7H,4-5H2. The molecular formula is C30H33ClFN3O5. The Morgan fingerprint density at radius 3 is 2.50 bits per heavy atom. The van der Waals surface area contributed by atoms with Crippen LogP contribution in [0, 0.1) is 5.82 Å². The maximum atomic E-state index is 14.7. The molecule has 0 bridgehead atoms. The van der Waals surface area contributed by atoms with Crippen molar-refractivity contribution < 1.29 is 28.2 Å². The van der Waals surface area contributed by atoms with Crippen molar-refractivity contribution in [3.63, 3.8) is 0 Å². The summed E-state index contributed by atoms with van der Waals surface area (Å²) in [4.78, 5) is 36.3. The van der Waals surface area contributed by atoms with Crippen LogP contribution in [0.2, 0.25) is 5.02 Å². The second-order valence-corrected chi connectivity index (χ2v) is 11.3. The van der Waals surface area contributed by atoms with E-state index >= 15 is 0 Å². The number of amides is 1. The molecule has 2 heterocycles. The fourth-order valence-electron chi connectivity index (χ4n) is 4.65. The number of carbonyl (C=O) groups is 3. The molecule has 8 nitrogen and oxygen atoms in total. The zero-order chi connectivity index (χ0) is 29.2. The summed E-state index contributed by atoms with van der Waals surface area (Å²) >= 11 is 5.87. The molecule has 1 aliphatic heterocycles. The Kier molecular flexibility index (Phi) is 8.63.